The van der Waals surface area contributed by atoms with Crippen molar-refractivity contribution in [2.75, 3.05) is 84.3 Å². The highest BCUT2D eigenvalue weighted by Gasteiger charge is 2.45. The predicted octanol–water partition coefficient (Wildman–Crippen LogP) is 13.0. The molecule has 35 nitrogen and oxygen atoms in total. The molecule has 1 aliphatic carbocycles. The van der Waals surface area contributed by atoms with Gasteiger partial charge >= 0.3 is 18.3 Å². The highest BCUT2D eigenvalue weighted by atomic mass is 32.2. The van der Waals surface area contributed by atoms with Crippen LogP contribution in [0.15, 0.2) is 294 Å². The molecule has 2 aliphatic heterocycles. The van der Waals surface area contributed by atoms with Crippen molar-refractivity contribution < 1.29 is 94.7 Å². The second-order valence-corrected chi connectivity index (χ2v) is 34.4. The van der Waals surface area contributed by atoms with E-state index < -0.39 is 111 Å². The van der Waals surface area contributed by atoms with Gasteiger partial charge in [0.2, 0.25) is 23.7 Å². The zero-order valence-electron chi connectivity index (χ0n) is 74.5. The van der Waals surface area contributed by atoms with Crippen molar-refractivity contribution in [2.24, 2.45) is 0 Å². The molecule has 6 atom stereocenters. The number of benzene rings is 10. The van der Waals surface area contributed by atoms with Gasteiger partial charge in [-0.1, -0.05) is 188 Å². The summed E-state index contributed by atoms with van der Waals surface area (Å²) in [4.78, 5) is 114. The smallest absolute Gasteiger partial charge is 0.418 e. The number of carbonyl (C=O) groups is 5. The molecule has 15 aromatic rings. The van der Waals surface area contributed by atoms with Gasteiger partial charge in [-0.05, 0) is 128 Å². The van der Waals surface area contributed by atoms with Crippen molar-refractivity contribution in [3.63, 3.8) is 0 Å². The molecule has 137 heavy (non-hydrogen) atoms. The summed E-state index contributed by atoms with van der Waals surface area (Å²) in [5.74, 6) is 0.703. The summed E-state index contributed by atoms with van der Waals surface area (Å²) in [7, 11) is 2.70. The van der Waals surface area contributed by atoms with Crippen LogP contribution in [0, 0.1) is 0 Å². The van der Waals surface area contributed by atoms with Crippen LogP contribution in [0.2, 0.25) is 0 Å². The van der Waals surface area contributed by atoms with E-state index in [4.69, 9.17) is 52.1 Å². The van der Waals surface area contributed by atoms with Crippen LogP contribution < -0.4 is 56.1 Å². The normalized spacial score (nSPS) is 16.2. The standard InChI is InChI=1S/C52H49N7O13S.C49H46N6O9/c1-67-36-21-17-34(18-22-36)52(33-11-5-3-6-12-33,35-19-23-37(68-2)24-20-35)70-31-43-41(60)29-45(71-43)59-32-54-46-47(59)56-49(57-48(46)62)55-44(61)25-26-53-50(63)72-42-30-58(40-16-10-9-15-39(40)42)51(64)69-27-28-73(65,66)38-13-7-4-8-14-38;1-60-33-20-16-31(17-21-33)49(30-10-4-3-5-11-30,32-18-22-34(61-2)23-19-32)63-28-41-40(56)26-43(64-41)55-29-51-44-45(55)53-47(54-46(44)58)52-42(57)24-25-50-48(59)62-27-39-37-14-8-6-12-35(37)36-13-7-9-15-38(36)39/h3-24,30,32,41,43,45,60H,25-29,31H2,1-2H3,(H,53,63)(H2,55,56,57,61,62);3-23,29,39-41,43,56H,24-28H2,1-2H3,(H,50,59)(H2,52,53,54,57,58)/t41-,43-,45-;40-,41-,43-/m11/s1. The Hall–Kier alpha value is -15.7. The number of aromatic amines is 2. The average molecular weight is 1880 g/mol. The van der Waals surface area contributed by atoms with Crippen molar-refractivity contribution in [3.05, 3.63) is 345 Å². The molecule has 0 saturated carbocycles. The molecule has 7 heterocycles. The molecule has 0 spiro atoms. The zero-order valence-corrected chi connectivity index (χ0v) is 75.3. The monoisotopic (exact) mass is 1870 g/mol. The molecule has 36 heteroatoms. The molecule has 0 radical (unpaired) electrons. The number of ether oxygens (including phenoxy) is 11. The fourth-order valence-electron chi connectivity index (χ4n) is 17.2. The third-order valence-corrected chi connectivity index (χ3v) is 25.7. The molecule has 0 unspecified atom stereocenters. The molecule has 4 amide bonds. The summed E-state index contributed by atoms with van der Waals surface area (Å²) < 4.78 is 94.5. The average Bonchev–Trinajstić information content (AvgIpc) is 1.73. The first kappa shape index (κ1) is 93.1. The van der Waals surface area contributed by atoms with Gasteiger partial charge in [0.15, 0.2) is 37.9 Å². The Kier molecular flexibility index (Phi) is 28.2. The van der Waals surface area contributed by atoms with Crippen molar-refractivity contribution in [1.29, 1.82) is 0 Å². The van der Waals surface area contributed by atoms with Crippen LogP contribution in [0.3, 0.4) is 0 Å². The fourth-order valence-corrected chi connectivity index (χ4v) is 18.3. The topological polar surface area (TPSA) is 442 Å². The van der Waals surface area contributed by atoms with Crippen LogP contribution in [0.1, 0.15) is 88.6 Å². The number of alkyl carbamates (subject to hydrolysis) is 1. The van der Waals surface area contributed by atoms with E-state index in [1.54, 1.807) is 75.5 Å². The van der Waals surface area contributed by atoms with Gasteiger partial charge in [0, 0.05) is 50.1 Å². The number of aromatic nitrogens is 9. The minimum Gasteiger partial charge on any atom is -0.497 e. The summed E-state index contributed by atoms with van der Waals surface area (Å²) in [6, 6.07) is 80.3. The van der Waals surface area contributed by atoms with E-state index in [9.17, 15) is 52.2 Å². The van der Waals surface area contributed by atoms with Crippen molar-refractivity contribution >= 4 is 85.1 Å². The van der Waals surface area contributed by atoms with E-state index in [1.807, 2.05) is 194 Å². The van der Waals surface area contributed by atoms with Gasteiger partial charge in [0.1, 0.15) is 72.1 Å². The van der Waals surface area contributed by atoms with E-state index in [-0.39, 0.29) is 109 Å². The van der Waals surface area contributed by atoms with E-state index >= 15 is 0 Å². The van der Waals surface area contributed by atoms with E-state index in [1.165, 1.54) is 35.6 Å². The predicted molar refractivity (Wildman–Crippen MR) is 503 cm³/mol. The van der Waals surface area contributed by atoms with Crippen molar-refractivity contribution in [1.82, 2.24) is 54.2 Å². The van der Waals surface area contributed by atoms with Gasteiger partial charge in [-0.3, -0.25) is 48.9 Å². The summed E-state index contributed by atoms with van der Waals surface area (Å²) in [5.41, 5.74) is 6.31. The lowest BCUT2D eigenvalue weighted by Gasteiger charge is -2.37. The zero-order chi connectivity index (χ0) is 95.3. The number of amides is 4. The quantitative estimate of drug-likeness (QED) is 0.0177. The first-order valence-electron chi connectivity index (χ1n) is 43.9. The Labute approximate surface area is 783 Å². The second-order valence-electron chi connectivity index (χ2n) is 32.3. The number of methoxy groups -OCH3 is 4. The molecular formula is C101H95N13O22S. The lowest BCUT2D eigenvalue weighted by Crippen LogP contribution is -2.38. The lowest BCUT2D eigenvalue weighted by atomic mass is 9.80. The number of carbonyl (C=O) groups excluding carboxylic acids is 5. The minimum atomic E-state index is -3.70. The van der Waals surface area contributed by atoms with Crippen LogP contribution in [0.5, 0.6) is 28.7 Å². The third-order valence-electron chi connectivity index (χ3n) is 24.0. The van der Waals surface area contributed by atoms with Gasteiger partial charge < -0.3 is 73.0 Å². The van der Waals surface area contributed by atoms with E-state index in [0.29, 0.717) is 33.9 Å². The van der Waals surface area contributed by atoms with Crippen LogP contribution in [0.4, 0.5) is 26.3 Å². The number of rotatable bonds is 33. The summed E-state index contributed by atoms with van der Waals surface area (Å²) in [6.45, 7) is -0.608. The first-order valence-corrected chi connectivity index (χ1v) is 45.5. The van der Waals surface area contributed by atoms with Crippen molar-refractivity contribution in [3.8, 4) is 39.9 Å². The van der Waals surface area contributed by atoms with Gasteiger partial charge in [-0.2, -0.15) is 9.97 Å². The SMILES string of the molecule is COc1ccc(C(OC[C@H]2O[C@@H](n3cnc4c(=O)[nH]c(NC(=O)CCNC(=O)OCC5c6ccccc6-c6ccccc65)nc43)C[C@H]2O)(c2ccccc2)c2ccc(OC)cc2)cc1.COc1ccc(C(OC[C@H]2O[C@@H](n3cnc4c(=O)[nH]c(NC(=O)CCNC(=O)Oc5cn(C(=O)OCCS(=O)(=O)c6ccccc6)c6ccccc56)nc43)C[C@H]2O)(c2ccccc2)c2ccc(OC)cc2)cc1. The number of anilines is 2. The maximum absolute atomic E-state index is 13.2. The minimum absolute atomic E-state index is 0.00174. The van der Waals surface area contributed by atoms with Crippen molar-refractivity contribution in [2.45, 2.75) is 84.6 Å². The lowest BCUT2D eigenvalue weighted by molar-refractivity contribution is -0.117. The number of nitrogens with one attached hydrogen (secondary N) is 6. The van der Waals surface area contributed by atoms with Crippen LogP contribution in [-0.2, 0) is 59.0 Å². The number of H-pyrrole nitrogens is 2. The highest BCUT2D eigenvalue weighted by molar-refractivity contribution is 7.91. The molecule has 10 aromatic carbocycles. The third kappa shape index (κ3) is 20.1. The molecule has 8 N–H and O–H groups in total. The number of aliphatic hydroxyl groups excluding tert-OH is 2. The fraction of sp³-hybridized carbons (Fsp3) is 0.238. The molecule has 702 valence electrons. The van der Waals surface area contributed by atoms with Crippen LogP contribution >= 0.6 is 0 Å². The Morgan fingerprint density at radius 1 is 0.474 bits per heavy atom. The number of nitrogens with zero attached hydrogens (tertiary/aromatic N) is 7. The summed E-state index contributed by atoms with van der Waals surface area (Å²) in [5, 5.41) is 33.5. The number of fused-ring (bicyclic) bond motifs is 6. The molecule has 18 rings (SSSR count). The number of hydrogen-bond donors (Lipinski definition) is 8. The van der Waals surface area contributed by atoms with E-state index in [0.717, 1.165) is 60.2 Å². The van der Waals surface area contributed by atoms with Gasteiger partial charge in [-0.15, -0.1) is 0 Å². The Bertz CT molecular complexity index is 6950. The highest BCUT2D eigenvalue weighted by Crippen LogP contribution is 2.48. The second kappa shape index (κ2) is 41.4. The first-order chi connectivity index (χ1) is 66.6. The number of hydrogen-bond acceptors (Lipinski definition) is 26. The summed E-state index contributed by atoms with van der Waals surface area (Å²) >= 11 is 0. The Morgan fingerprint density at radius 2 is 0.869 bits per heavy atom. The molecule has 3 aliphatic rings. The number of para-hydroxylation sites is 1. The summed E-state index contributed by atoms with van der Waals surface area (Å²) in [6.07, 6.45) is -3.85. The molecule has 2 saturated heterocycles. The molecular weight excluding hydrogens is 1780 g/mol. The van der Waals surface area contributed by atoms with Gasteiger partial charge in [0.05, 0.1) is 88.9 Å². The van der Waals surface area contributed by atoms with Crippen LogP contribution in [0.25, 0.3) is 44.4 Å². The van der Waals surface area contributed by atoms with Crippen LogP contribution in [-0.4, -0.2) is 190 Å². The maximum atomic E-state index is 13.2. The number of sulfone groups is 1. The maximum Gasteiger partial charge on any atom is 0.418 e. The Morgan fingerprint density at radius 3 is 1.31 bits per heavy atom. The Balaban J connectivity index is 0.000000191. The number of imidazole rings is 2. The molecule has 2 fully saturated rings. The largest absolute Gasteiger partial charge is 0.497 e. The van der Waals surface area contributed by atoms with Gasteiger partial charge in [0.25, 0.3) is 11.1 Å². The van der Waals surface area contributed by atoms with E-state index in [2.05, 4.69) is 63.3 Å². The molecule has 5 aromatic heterocycles. The van der Waals surface area contributed by atoms with Gasteiger partial charge in [-0.25, -0.2) is 37.3 Å². The number of aliphatic hydroxyl groups is 2. The molecule has 0 bridgehead atoms.